The monoisotopic (exact) mass is 549 g/mol. The first-order valence-electron chi connectivity index (χ1n) is 15.2. The number of nitrogens with one attached hydrogen (secondary N) is 1. The van der Waals surface area contributed by atoms with Gasteiger partial charge >= 0.3 is 0 Å². The van der Waals surface area contributed by atoms with E-state index in [0.717, 1.165) is 40.6 Å². The fourth-order valence-electron chi connectivity index (χ4n) is 4.92. The number of aromatic nitrogens is 1. The van der Waals surface area contributed by atoms with Crippen molar-refractivity contribution in [1.82, 2.24) is 0 Å². The quantitative estimate of drug-likeness (QED) is 0.113. The van der Waals surface area contributed by atoms with E-state index in [4.69, 9.17) is 4.74 Å². The van der Waals surface area contributed by atoms with E-state index in [0.29, 0.717) is 6.42 Å². The minimum absolute atomic E-state index is 0.0150. The first kappa shape index (κ1) is 30.9. The van der Waals surface area contributed by atoms with Gasteiger partial charge in [-0.15, -0.1) is 0 Å². The smallest absolute Gasteiger partial charge is 0.268 e. The van der Waals surface area contributed by atoms with Crippen molar-refractivity contribution in [3.63, 3.8) is 0 Å². The molecule has 39 heavy (non-hydrogen) atoms. The van der Waals surface area contributed by atoms with Crippen LogP contribution in [0, 0.1) is 0 Å². The van der Waals surface area contributed by atoms with Crippen molar-refractivity contribution in [2.45, 2.75) is 103 Å². The molecule has 1 N–H and O–H groups in total. The molecule has 0 spiro atoms. The fourth-order valence-corrected chi connectivity index (χ4v) is 5.78. The van der Waals surface area contributed by atoms with Gasteiger partial charge in [-0.25, -0.2) is 0 Å². The van der Waals surface area contributed by atoms with Crippen molar-refractivity contribution in [3.05, 3.63) is 65.7 Å². The Morgan fingerprint density at radius 2 is 1.44 bits per heavy atom. The number of benzene rings is 2. The second kappa shape index (κ2) is 18.6. The van der Waals surface area contributed by atoms with Crippen LogP contribution in [0.2, 0.25) is 0 Å². The summed E-state index contributed by atoms with van der Waals surface area (Å²) in [6.07, 6.45) is 21.5. The second-order valence-electron chi connectivity index (χ2n) is 10.7. The summed E-state index contributed by atoms with van der Waals surface area (Å²) >= 11 is 1.69. The molecule has 0 aliphatic carbocycles. The Kier molecular flexibility index (Phi) is 14.7. The number of hydrogen-bond donors (Lipinski definition) is 1. The molecule has 212 valence electrons. The largest absolute Gasteiger partial charge is 0.494 e. The summed E-state index contributed by atoms with van der Waals surface area (Å²) in [5, 5.41) is 6.26. The lowest BCUT2D eigenvalue weighted by Crippen LogP contribution is -2.26. The molecule has 3 aromatic rings. The topological polar surface area (TPSA) is 42.2 Å². The molecule has 0 radical (unpaired) electrons. The molecule has 4 nitrogen and oxygen atoms in total. The van der Waals surface area contributed by atoms with Gasteiger partial charge in [0.1, 0.15) is 12.8 Å². The van der Waals surface area contributed by atoms with Gasteiger partial charge in [-0.3, -0.25) is 4.79 Å². The zero-order chi connectivity index (χ0) is 27.5. The molecule has 0 aliphatic heterocycles. The summed E-state index contributed by atoms with van der Waals surface area (Å²) < 4.78 is 8.02. The van der Waals surface area contributed by atoms with E-state index in [1.165, 1.54) is 83.5 Å². The first-order valence-corrected chi connectivity index (χ1v) is 16.1. The number of rotatable bonds is 20. The van der Waals surface area contributed by atoms with Crippen molar-refractivity contribution in [1.29, 1.82) is 0 Å². The number of unbranched alkanes of at least 4 members (excludes halogenated alkanes) is 13. The van der Waals surface area contributed by atoms with Gasteiger partial charge in [0.05, 0.1) is 24.0 Å². The maximum Gasteiger partial charge on any atom is 0.268 e. The number of amides is 1. The summed E-state index contributed by atoms with van der Waals surface area (Å²) in [6.45, 7) is 3.04. The Bertz CT molecular complexity index is 1080. The Morgan fingerprint density at radius 1 is 0.821 bits per heavy atom. The van der Waals surface area contributed by atoms with Crippen LogP contribution in [0.3, 0.4) is 0 Å². The molecule has 0 saturated heterocycles. The Labute approximate surface area is 240 Å². The predicted molar refractivity (Wildman–Crippen MR) is 166 cm³/mol. The minimum atomic E-state index is -0.0150. The zero-order valence-electron chi connectivity index (χ0n) is 24.3. The number of nitrogens with zero attached hydrogens (tertiary/aromatic N) is 1. The lowest BCUT2D eigenvalue weighted by molar-refractivity contribution is -0.655. The molecule has 1 aromatic heterocycles. The molecule has 2 aromatic carbocycles. The number of ether oxygens (including phenoxy) is 1. The Hall–Kier alpha value is -2.66. The Morgan fingerprint density at radius 3 is 2.03 bits per heavy atom. The van der Waals surface area contributed by atoms with Crippen LogP contribution in [0.1, 0.15) is 102 Å². The van der Waals surface area contributed by atoms with Gasteiger partial charge in [0, 0.05) is 5.69 Å². The van der Waals surface area contributed by atoms with Gasteiger partial charge in [-0.1, -0.05) is 120 Å². The average Bonchev–Trinajstić information content (AvgIpc) is 3.37. The summed E-state index contributed by atoms with van der Waals surface area (Å²) in [7, 11) is 2.03. The van der Waals surface area contributed by atoms with Gasteiger partial charge < -0.3 is 10.1 Å². The molecular formula is C34H49N2O2S+. The van der Waals surface area contributed by atoms with Gasteiger partial charge in [0.2, 0.25) is 5.91 Å². The first-order chi connectivity index (χ1) is 19.2. The maximum atomic E-state index is 12.6. The van der Waals surface area contributed by atoms with Crippen LogP contribution in [-0.4, -0.2) is 12.5 Å². The lowest BCUT2D eigenvalue weighted by atomic mass is 10.0. The highest BCUT2D eigenvalue weighted by atomic mass is 32.1. The molecule has 0 bridgehead atoms. The van der Waals surface area contributed by atoms with Crippen LogP contribution in [0.25, 0.3) is 10.6 Å². The molecule has 5 heteroatoms. The highest BCUT2D eigenvalue weighted by molar-refractivity contribution is 7.12. The third kappa shape index (κ3) is 12.4. The van der Waals surface area contributed by atoms with Gasteiger partial charge in [0.25, 0.3) is 5.01 Å². The highest BCUT2D eigenvalue weighted by Gasteiger charge is 2.12. The summed E-state index contributed by atoms with van der Waals surface area (Å²) in [5.74, 6) is 0.865. The number of aryl methyl sites for hydroxylation is 1. The van der Waals surface area contributed by atoms with E-state index in [9.17, 15) is 4.79 Å². The maximum absolute atomic E-state index is 12.6. The summed E-state index contributed by atoms with van der Waals surface area (Å²) in [4.78, 5) is 12.6. The molecule has 0 saturated carbocycles. The number of hydrogen-bond acceptors (Lipinski definition) is 3. The van der Waals surface area contributed by atoms with Gasteiger partial charge in [-0.2, -0.15) is 4.57 Å². The zero-order valence-corrected chi connectivity index (χ0v) is 25.1. The SMILES string of the molecule is CCCCCCCCCCCCCCCCOc1ccc(CC(=O)Nc2cccc(-c3scc[n+]3C)c2)cc1. The standard InChI is InChI=1S/C34H48N2O2S/c1-3-4-5-6-7-8-9-10-11-12-13-14-15-16-25-38-32-22-20-29(21-23-32)27-33(37)35-31-19-17-18-30(28-31)34-36(2)24-26-39-34/h17-24,26,28H,3-16,25,27H2,1-2H3/p+1. The van der Waals surface area contributed by atoms with Crippen LogP contribution in [0.5, 0.6) is 5.75 Å². The van der Waals surface area contributed by atoms with Gasteiger partial charge in [-0.05, 0) is 42.3 Å². The van der Waals surface area contributed by atoms with Crippen molar-refractivity contribution in [3.8, 4) is 16.3 Å². The second-order valence-corrected chi connectivity index (χ2v) is 11.6. The van der Waals surface area contributed by atoms with Gasteiger partial charge in [0.15, 0.2) is 6.20 Å². The average molecular weight is 550 g/mol. The van der Waals surface area contributed by atoms with Crippen molar-refractivity contribution >= 4 is 22.9 Å². The van der Waals surface area contributed by atoms with Crippen molar-refractivity contribution in [2.24, 2.45) is 7.05 Å². The number of carbonyl (C=O) groups is 1. The van der Waals surface area contributed by atoms with E-state index in [1.54, 1.807) is 11.3 Å². The minimum Gasteiger partial charge on any atom is -0.494 e. The van der Waals surface area contributed by atoms with Crippen LogP contribution in [0.15, 0.2) is 60.1 Å². The predicted octanol–water partition coefficient (Wildman–Crippen LogP) is 9.28. The van der Waals surface area contributed by atoms with E-state index in [2.05, 4.69) is 28.3 Å². The van der Waals surface area contributed by atoms with Crippen LogP contribution < -0.4 is 14.6 Å². The van der Waals surface area contributed by atoms with Crippen LogP contribution in [0.4, 0.5) is 5.69 Å². The van der Waals surface area contributed by atoms with E-state index >= 15 is 0 Å². The van der Waals surface area contributed by atoms with Crippen LogP contribution in [-0.2, 0) is 18.3 Å². The van der Waals surface area contributed by atoms with Crippen molar-refractivity contribution in [2.75, 3.05) is 11.9 Å². The summed E-state index contributed by atoms with van der Waals surface area (Å²) in [5.41, 5.74) is 2.90. The molecule has 0 unspecified atom stereocenters. The van der Waals surface area contributed by atoms with E-state index in [1.807, 2.05) is 55.7 Å². The molecule has 1 heterocycles. The van der Waals surface area contributed by atoms with Crippen molar-refractivity contribution < 1.29 is 14.1 Å². The molecule has 3 rings (SSSR count). The highest BCUT2D eigenvalue weighted by Crippen LogP contribution is 2.23. The van der Waals surface area contributed by atoms with E-state index < -0.39 is 0 Å². The Balaban J connectivity index is 1.22. The summed E-state index contributed by atoms with van der Waals surface area (Å²) in [6, 6.07) is 15.9. The fraction of sp³-hybridized carbons (Fsp3) is 0.529. The third-order valence-electron chi connectivity index (χ3n) is 7.23. The molecule has 0 atom stereocenters. The third-order valence-corrected chi connectivity index (χ3v) is 8.24. The normalized spacial score (nSPS) is 11.0. The molecule has 0 fully saturated rings. The lowest BCUT2D eigenvalue weighted by Gasteiger charge is -2.09. The molecule has 0 aliphatic rings. The molecular weight excluding hydrogens is 500 g/mol. The number of thiazole rings is 1. The number of carbonyl (C=O) groups excluding carboxylic acids is 1. The van der Waals surface area contributed by atoms with E-state index in [-0.39, 0.29) is 5.91 Å². The number of anilines is 1. The van der Waals surface area contributed by atoms with Crippen LogP contribution >= 0.6 is 11.3 Å². The molecule has 1 amide bonds.